The Kier molecular flexibility index (Phi) is 4.31. The fraction of sp³-hybridized carbons (Fsp3) is 0.308. The summed E-state index contributed by atoms with van der Waals surface area (Å²) in [7, 11) is 1.79. The van der Waals surface area contributed by atoms with Crippen molar-refractivity contribution < 1.29 is 9.90 Å². The Morgan fingerprint density at radius 2 is 2.30 bits per heavy atom. The fourth-order valence-corrected chi connectivity index (χ4v) is 1.64. The van der Waals surface area contributed by atoms with Crippen LogP contribution in [0.3, 0.4) is 0 Å². The first kappa shape index (κ1) is 14.0. The summed E-state index contributed by atoms with van der Waals surface area (Å²) in [6, 6.07) is 6.59. The van der Waals surface area contributed by atoms with Gasteiger partial charge in [-0.1, -0.05) is 12.1 Å². The number of urea groups is 1. The van der Waals surface area contributed by atoms with Gasteiger partial charge in [-0.05, 0) is 19.1 Å². The minimum Gasteiger partial charge on any atom is -0.394 e. The first-order valence-corrected chi connectivity index (χ1v) is 6.23. The summed E-state index contributed by atoms with van der Waals surface area (Å²) in [4.78, 5) is 15.8. The van der Waals surface area contributed by atoms with Crippen molar-refractivity contribution in [3.63, 3.8) is 0 Å². The molecule has 2 aromatic rings. The van der Waals surface area contributed by atoms with Crippen LogP contribution in [0, 0.1) is 0 Å². The van der Waals surface area contributed by atoms with E-state index in [1.54, 1.807) is 37.1 Å². The van der Waals surface area contributed by atoms with E-state index in [2.05, 4.69) is 20.7 Å². The van der Waals surface area contributed by atoms with Gasteiger partial charge in [-0.25, -0.2) is 9.78 Å². The highest BCUT2D eigenvalue weighted by atomic mass is 16.3. The molecular formula is C13H17N5O2. The van der Waals surface area contributed by atoms with E-state index in [-0.39, 0.29) is 18.7 Å². The second-order valence-corrected chi connectivity index (χ2v) is 4.50. The predicted molar refractivity (Wildman–Crippen MR) is 75.1 cm³/mol. The van der Waals surface area contributed by atoms with Crippen molar-refractivity contribution in [1.82, 2.24) is 20.1 Å². The first-order chi connectivity index (χ1) is 9.58. The third-order valence-corrected chi connectivity index (χ3v) is 2.63. The average molecular weight is 275 g/mol. The molecule has 7 nitrogen and oxygen atoms in total. The highest BCUT2D eigenvalue weighted by Crippen LogP contribution is 2.18. The van der Waals surface area contributed by atoms with Gasteiger partial charge in [0.05, 0.1) is 12.6 Å². The van der Waals surface area contributed by atoms with Crippen LogP contribution in [0.2, 0.25) is 0 Å². The molecule has 0 bridgehead atoms. The topological polar surface area (TPSA) is 92.1 Å². The molecule has 0 aliphatic heterocycles. The van der Waals surface area contributed by atoms with Crippen molar-refractivity contribution >= 4 is 11.7 Å². The number of aliphatic hydroxyl groups is 1. The summed E-state index contributed by atoms with van der Waals surface area (Å²) in [5.74, 6) is 0.597. The molecule has 3 N–H and O–H groups in total. The largest absolute Gasteiger partial charge is 0.394 e. The number of benzene rings is 1. The molecule has 0 fully saturated rings. The molecule has 0 aliphatic carbocycles. The van der Waals surface area contributed by atoms with E-state index in [0.29, 0.717) is 11.5 Å². The molecule has 0 aliphatic rings. The number of anilines is 1. The number of aromatic nitrogens is 3. The first-order valence-electron chi connectivity index (χ1n) is 6.23. The molecule has 0 unspecified atom stereocenters. The van der Waals surface area contributed by atoms with Crippen LogP contribution < -0.4 is 10.6 Å². The van der Waals surface area contributed by atoms with Gasteiger partial charge in [0.15, 0.2) is 5.82 Å². The number of rotatable bonds is 4. The highest BCUT2D eigenvalue weighted by molar-refractivity contribution is 5.90. The van der Waals surface area contributed by atoms with E-state index in [4.69, 9.17) is 5.11 Å². The number of amides is 2. The van der Waals surface area contributed by atoms with E-state index in [1.807, 2.05) is 12.1 Å². The van der Waals surface area contributed by atoms with Crippen LogP contribution in [0.15, 0.2) is 30.6 Å². The van der Waals surface area contributed by atoms with Crippen LogP contribution in [-0.4, -0.2) is 38.6 Å². The molecule has 1 aromatic carbocycles. The molecule has 1 heterocycles. The van der Waals surface area contributed by atoms with Crippen LogP contribution in [0.25, 0.3) is 11.4 Å². The molecule has 2 amide bonds. The standard InChI is InChI=1S/C13H17N5O2/c1-9(7-19)15-13(20)16-11-5-3-4-10(6-11)12-14-8-18(2)17-12/h3-6,8-9,19H,7H2,1-2H3,(H2,15,16,20)/t9-/m0/s1. The van der Waals surface area contributed by atoms with Gasteiger partial charge in [0, 0.05) is 18.3 Å². The molecule has 1 atom stereocenters. The molecule has 0 saturated carbocycles. The zero-order valence-electron chi connectivity index (χ0n) is 11.4. The number of carbonyl (C=O) groups excluding carboxylic acids is 1. The van der Waals surface area contributed by atoms with Gasteiger partial charge in [-0.3, -0.25) is 4.68 Å². The highest BCUT2D eigenvalue weighted by Gasteiger charge is 2.08. The van der Waals surface area contributed by atoms with Gasteiger partial charge in [0.25, 0.3) is 0 Å². The Hall–Kier alpha value is -2.41. The van der Waals surface area contributed by atoms with Crippen LogP contribution >= 0.6 is 0 Å². The lowest BCUT2D eigenvalue weighted by Gasteiger charge is -2.12. The number of aliphatic hydroxyl groups excluding tert-OH is 1. The second-order valence-electron chi connectivity index (χ2n) is 4.50. The molecule has 1 aromatic heterocycles. The Morgan fingerprint density at radius 3 is 2.95 bits per heavy atom. The van der Waals surface area contributed by atoms with Crippen molar-refractivity contribution in [3.8, 4) is 11.4 Å². The number of hydrogen-bond acceptors (Lipinski definition) is 4. The Balaban J connectivity index is 2.08. The quantitative estimate of drug-likeness (QED) is 0.775. The van der Waals surface area contributed by atoms with Gasteiger partial charge in [-0.15, -0.1) is 0 Å². The van der Waals surface area contributed by atoms with Crippen LogP contribution in [0.5, 0.6) is 0 Å². The minimum atomic E-state index is -0.363. The van der Waals surface area contributed by atoms with Crippen molar-refractivity contribution in [2.45, 2.75) is 13.0 Å². The lowest BCUT2D eigenvalue weighted by molar-refractivity contribution is 0.229. The second kappa shape index (κ2) is 6.16. The SMILES string of the molecule is C[C@@H](CO)NC(=O)Nc1cccc(-c2ncn(C)n2)c1. The molecule has 7 heteroatoms. The summed E-state index contributed by atoms with van der Waals surface area (Å²) < 4.78 is 1.62. The van der Waals surface area contributed by atoms with Crippen molar-refractivity contribution in [2.24, 2.45) is 7.05 Å². The third-order valence-electron chi connectivity index (χ3n) is 2.63. The molecular weight excluding hydrogens is 258 g/mol. The van der Waals surface area contributed by atoms with Crippen molar-refractivity contribution in [3.05, 3.63) is 30.6 Å². The number of nitrogens with zero attached hydrogens (tertiary/aromatic N) is 3. The molecule has 0 radical (unpaired) electrons. The summed E-state index contributed by atoms with van der Waals surface area (Å²) in [6.45, 7) is 1.61. The van der Waals surface area contributed by atoms with E-state index >= 15 is 0 Å². The maximum atomic E-state index is 11.7. The molecule has 20 heavy (non-hydrogen) atoms. The number of nitrogens with one attached hydrogen (secondary N) is 2. The summed E-state index contributed by atoms with van der Waals surface area (Å²) in [5, 5.41) is 18.4. The van der Waals surface area contributed by atoms with Crippen LogP contribution in [0.1, 0.15) is 6.92 Å². The van der Waals surface area contributed by atoms with E-state index < -0.39 is 0 Å². The van der Waals surface area contributed by atoms with Gasteiger partial charge in [-0.2, -0.15) is 5.10 Å². The normalized spacial score (nSPS) is 11.9. The Bertz CT molecular complexity index is 596. The number of hydrogen-bond donors (Lipinski definition) is 3. The lowest BCUT2D eigenvalue weighted by Crippen LogP contribution is -2.38. The maximum absolute atomic E-state index is 11.7. The Labute approximate surface area is 116 Å². The molecule has 0 spiro atoms. The van der Waals surface area contributed by atoms with Crippen molar-refractivity contribution in [2.75, 3.05) is 11.9 Å². The zero-order chi connectivity index (χ0) is 14.5. The number of carbonyl (C=O) groups is 1. The van der Waals surface area contributed by atoms with Crippen LogP contribution in [0.4, 0.5) is 10.5 Å². The Morgan fingerprint density at radius 1 is 1.50 bits per heavy atom. The summed E-state index contributed by atoms with van der Waals surface area (Å²) in [6.07, 6.45) is 1.62. The van der Waals surface area contributed by atoms with Gasteiger partial charge in [0.2, 0.25) is 0 Å². The molecule has 0 saturated heterocycles. The lowest BCUT2D eigenvalue weighted by atomic mass is 10.2. The van der Waals surface area contributed by atoms with E-state index in [1.165, 1.54) is 0 Å². The zero-order valence-corrected chi connectivity index (χ0v) is 11.4. The number of aryl methyl sites for hydroxylation is 1. The van der Waals surface area contributed by atoms with Gasteiger partial charge >= 0.3 is 6.03 Å². The predicted octanol–water partition coefficient (Wildman–Crippen LogP) is 0.984. The minimum absolute atomic E-state index is 0.106. The van der Waals surface area contributed by atoms with E-state index in [9.17, 15) is 4.79 Å². The molecule has 106 valence electrons. The summed E-state index contributed by atoms with van der Waals surface area (Å²) >= 11 is 0. The van der Waals surface area contributed by atoms with Crippen LogP contribution in [-0.2, 0) is 7.05 Å². The van der Waals surface area contributed by atoms with Crippen molar-refractivity contribution in [1.29, 1.82) is 0 Å². The smallest absolute Gasteiger partial charge is 0.319 e. The fourth-order valence-electron chi connectivity index (χ4n) is 1.64. The summed E-state index contributed by atoms with van der Waals surface area (Å²) in [5.41, 5.74) is 1.45. The van der Waals surface area contributed by atoms with Gasteiger partial charge in [0.1, 0.15) is 6.33 Å². The molecule has 2 rings (SSSR count). The average Bonchev–Trinajstić information content (AvgIpc) is 2.85. The van der Waals surface area contributed by atoms with Gasteiger partial charge < -0.3 is 15.7 Å². The third kappa shape index (κ3) is 3.55. The monoisotopic (exact) mass is 275 g/mol. The van der Waals surface area contributed by atoms with E-state index in [0.717, 1.165) is 5.56 Å². The maximum Gasteiger partial charge on any atom is 0.319 e.